The highest BCUT2D eigenvalue weighted by atomic mass is 15.5. The summed E-state index contributed by atoms with van der Waals surface area (Å²) in [4.78, 5) is 3.88. The Morgan fingerprint density at radius 1 is 1.43 bits per heavy atom. The first-order chi connectivity index (χ1) is 6.59. The van der Waals surface area contributed by atoms with Gasteiger partial charge in [-0.15, -0.1) is 5.10 Å². The molecule has 0 amide bonds. The Morgan fingerprint density at radius 2 is 2.00 bits per heavy atom. The van der Waals surface area contributed by atoms with Crippen LogP contribution in [0.15, 0.2) is 0 Å². The third-order valence-corrected chi connectivity index (χ3v) is 1.31. The van der Waals surface area contributed by atoms with E-state index in [9.17, 15) is 0 Å². The van der Waals surface area contributed by atoms with Crippen LogP contribution in [0.1, 0.15) is 27.7 Å². The molecule has 0 saturated heterocycles. The van der Waals surface area contributed by atoms with Gasteiger partial charge in [-0.05, 0) is 5.92 Å². The average Bonchev–Trinajstić information content (AvgIpc) is 2.54. The zero-order valence-corrected chi connectivity index (χ0v) is 9.28. The maximum Gasteiger partial charge on any atom is 0.260 e. The fourth-order valence-corrected chi connectivity index (χ4v) is 0.868. The monoisotopic (exact) mass is 200 g/mol. The second-order valence-corrected chi connectivity index (χ2v) is 3.07. The molecule has 0 atom stereocenters. The number of nitrogen functional groups attached to an aromatic ring is 1. The van der Waals surface area contributed by atoms with Gasteiger partial charge in [0.05, 0.1) is 0 Å². The van der Waals surface area contributed by atoms with Crippen LogP contribution in [0.3, 0.4) is 0 Å². The normalized spacial score (nSPS) is 9.57. The lowest BCUT2D eigenvalue weighted by atomic mass is 10.2. The van der Waals surface area contributed by atoms with Crippen LogP contribution >= 0.6 is 0 Å². The van der Waals surface area contributed by atoms with Crippen LogP contribution in [0.25, 0.3) is 0 Å². The Bertz CT molecular complexity index is 244. The number of anilines is 2. The average molecular weight is 200 g/mol. The Kier molecular flexibility index (Phi) is 5.62. The van der Waals surface area contributed by atoms with Crippen molar-refractivity contribution < 1.29 is 0 Å². The van der Waals surface area contributed by atoms with Crippen LogP contribution in [0.4, 0.5) is 11.9 Å². The van der Waals surface area contributed by atoms with Gasteiger partial charge in [-0.1, -0.05) is 27.7 Å². The van der Waals surface area contributed by atoms with E-state index in [1.165, 1.54) is 5.01 Å². The van der Waals surface area contributed by atoms with Crippen LogP contribution in [0, 0.1) is 5.92 Å². The molecule has 0 saturated carbocycles. The SMILES string of the molecule is CC.CC(C)CN(N)c1n[nH]c(N)n1. The topological polar surface area (TPSA) is 96.8 Å². The van der Waals surface area contributed by atoms with Crippen molar-refractivity contribution in [1.29, 1.82) is 0 Å². The summed E-state index contributed by atoms with van der Waals surface area (Å²) < 4.78 is 0. The van der Waals surface area contributed by atoms with Crippen molar-refractivity contribution in [3.63, 3.8) is 0 Å². The molecule has 0 radical (unpaired) electrons. The van der Waals surface area contributed by atoms with E-state index >= 15 is 0 Å². The molecule has 0 fully saturated rings. The molecule has 0 unspecified atom stereocenters. The highest BCUT2D eigenvalue weighted by molar-refractivity contribution is 5.31. The van der Waals surface area contributed by atoms with Gasteiger partial charge in [0.15, 0.2) is 0 Å². The van der Waals surface area contributed by atoms with Crippen LogP contribution in [0.5, 0.6) is 0 Å². The van der Waals surface area contributed by atoms with Gasteiger partial charge in [-0.3, -0.25) is 5.01 Å². The largest absolute Gasteiger partial charge is 0.368 e. The maximum absolute atomic E-state index is 5.64. The molecule has 0 aliphatic carbocycles. The number of H-pyrrole nitrogens is 1. The molecule has 0 bridgehead atoms. The number of hydrogen-bond donors (Lipinski definition) is 3. The van der Waals surface area contributed by atoms with Gasteiger partial charge in [0.2, 0.25) is 5.95 Å². The number of hydrazine groups is 1. The van der Waals surface area contributed by atoms with E-state index in [1.807, 2.05) is 13.8 Å². The zero-order valence-electron chi connectivity index (χ0n) is 9.28. The molecule has 6 heteroatoms. The number of nitrogens with two attached hydrogens (primary N) is 2. The van der Waals surface area contributed by atoms with Gasteiger partial charge in [0.1, 0.15) is 0 Å². The number of hydrogen-bond acceptors (Lipinski definition) is 5. The molecule has 14 heavy (non-hydrogen) atoms. The van der Waals surface area contributed by atoms with E-state index in [0.29, 0.717) is 18.4 Å². The lowest BCUT2D eigenvalue weighted by Gasteiger charge is -2.15. The van der Waals surface area contributed by atoms with E-state index in [0.717, 1.165) is 0 Å². The first-order valence-electron chi connectivity index (χ1n) is 4.79. The molecular formula is C8H20N6. The fraction of sp³-hybridized carbons (Fsp3) is 0.750. The van der Waals surface area contributed by atoms with Crippen molar-refractivity contribution in [3.8, 4) is 0 Å². The highest BCUT2D eigenvalue weighted by Crippen LogP contribution is 2.05. The van der Waals surface area contributed by atoms with Gasteiger partial charge in [0.25, 0.3) is 5.95 Å². The second-order valence-electron chi connectivity index (χ2n) is 3.07. The minimum absolute atomic E-state index is 0.282. The smallest absolute Gasteiger partial charge is 0.260 e. The third-order valence-electron chi connectivity index (χ3n) is 1.31. The molecular weight excluding hydrogens is 180 g/mol. The first kappa shape index (κ1) is 12.7. The van der Waals surface area contributed by atoms with Gasteiger partial charge in [-0.2, -0.15) is 4.98 Å². The number of rotatable bonds is 3. The van der Waals surface area contributed by atoms with Crippen molar-refractivity contribution in [2.45, 2.75) is 27.7 Å². The van der Waals surface area contributed by atoms with E-state index in [1.54, 1.807) is 0 Å². The van der Waals surface area contributed by atoms with Gasteiger partial charge in [0, 0.05) is 6.54 Å². The summed E-state index contributed by atoms with van der Waals surface area (Å²) in [5, 5.41) is 7.80. The molecule has 6 nitrogen and oxygen atoms in total. The molecule has 1 rings (SSSR count). The molecule has 0 aromatic carbocycles. The van der Waals surface area contributed by atoms with Crippen molar-refractivity contribution in [3.05, 3.63) is 0 Å². The molecule has 82 valence electrons. The predicted octanol–water partition coefficient (Wildman–Crippen LogP) is 0.749. The minimum Gasteiger partial charge on any atom is -0.368 e. The summed E-state index contributed by atoms with van der Waals surface area (Å²) in [5.41, 5.74) is 5.34. The Morgan fingerprint density at radius 3 is 2.36 bits per heavy atom. The number of aromatic nitrogens is 3. The molecule has 1 heterocycles. The fourth-order valence-electron chi connectivity index (χ4n) is 0.868. The highest BCUT2D eigenvalue weighted by Gasteiger charge is 2.08. The molecule has 1 aromatic heterocycles. The van der Waals surface area contributed by atoms with Gasteiger partial charge >= 0.3 is 0 Å². The predicted molar refractivity (Wildman–Crippen MR) is 58.5 cm³/mol. The quantitative estimate of drug-likeness (QED) is 0.494. The Balaban J connectivity index is 0.000000791. The number of nitrogens with zero attached hydrogens (tertiary/aromatic N) is 3. The first-order valence-corrected chi connectivity index (χ1v) is 4.79. The lowest BCUT2D eigenvalue weighted by Crippen LogP contribution is -2.35. The van der Waals surface area contributed by atoms with Crippen LogP contribution < -0.4 is 16.6 Å². The van der Waals surface area contributed by atoms with Crippen molar-refractivity contribution >= 4 is 11.9 Å². The molecule has 0 aliphatic heterocycles. The third kappa shape index (κ3) is 4.08. The van der Waals surface area contributed by atoms with E-state index < -0.39 is 0 Å². The van der Waals surface area contributed by atoms with Gasteiger partial charge < -0.3 is 5.73 Å². The zero-order chi connectivity index (χ0) is 11.1. The summed E-state index contributed by atoms with van der Waals surface area (Å²) in [5.74, 6) is 6.82. The van der Waals surface area contributed by atoms with Gasteiger partial charge in [-0.25, -0.2) is 10.9 Å². The van der Waals surface area contributed by atoms with Crippen LogP contribution in [-0.4, -0.2) is 21.7 Å². The summed E-state index contributed by atoms with van der Waals surface area (Å²) >= 11 is 0. The molecule has 0 aliphatic rings. The molecule has 5 N–H and O–H groups in total. The summed E-state index contributed by atoms with van der Waals surface area (Å²) in [6.45, 7) is 8.84. The Hall–Kier alpha value is -1.30. The standard InChI is InChI=1S/C6H14N6.C2H6/c1-4(2)3-12(8)6-9-5(7)10-11-6;1-2/h4H,3,8H2,1-2H3,(H3,7,9,10,11);1-2H3. The molecule has 1 aromatic rings. The van der Waals surface area contributed by atoms with Crippen LogP contribution in [-0.2, 0) is 0 Å². The van der Waals surface area contributed by atoms with Crippen molar-refractivity contribution in [2.75, 3.05) is 17.3 Å². The van der Waals surface area contributed by atoms with E-state index in [4.69, 9.17) is 11.6 Å². The Labute approximate surface area is 84.7 Å². The van der Waals surface area contributed by atoms with Crippen LogP contribution in [0.2, 0.25) is 0 Å². The van der Waals surface area contributed by atoms with E-state index in [-0.39, 0.29) is 5.95 Å². The number of aromatic amines is 1. The molecule has 0 spiro atoms. The summed E-state index contributed by atoms with van der Waals surface area (Å²) in [6.07, 6.45) is 0. The van der Waals surface area contributed by atoms with E-state index in [2.05, 4.69) is 29.0 Å². The maximum atomic E-state index is 5.64. The second kappa shape index (κ2) is 6.20. The summed E-state index contributed by atoms with van der Waals surface area (Å²) in [7, 11) is 0. The van der Waals surface area contributed by atoms with Crippen molar-refractivity contribution in [1.82, 2.24) is 15.2 Å². The summed E-state index contributed by atoms with van der Waals surface area (Å²) in [6, 6.07) is 0. The lowest BCUT2D eigenvalue weighted by molar-refractivity contribution is 0.612. The number of nitrogens with one attached hydrogen (secondary N) is 1. The van der Waals surface area contributed by atoms with Crippen molar-refractivity contribution in [2.24, 2.45) is 11.8 Å². The minimum atomic E-state index is 0.282.